The first-order valence-electron chi connectivity index (χ1n) is 13.7. The highest BCUT2D eigenvalue weighted by atomic mass is 79.9. The Morgan fingerprint density at radius 3 is 2.55 bits per heavy atom. The number of aromatic nitrogens is 2. The summed E-state index contributed by atoms with van der Waals surface area (Å²) in [6.45, 7) is 6.01. The molecule has 224 valence electrons. The van der Waals surface area contributed by atoms with E-state index in [1.54, 1.807) is 55.6 Å². The molecular weight excluding hydrogens is 648 g/mol. The number of fused-ring (bicyclic) bond motifs is 1. The van der Waals surface area contributed by atoms with E-state index in [0.29, 0.717) is 37.3 Å². The maximum absolute atomic E-state index is 13.9. The van der Waals surface area contributed by atoms with Crippen molar-refractivity contribution in [3.63, 3.8) is 0 Å². The quantitative estimate of drug-likeness (QED) is 0.0884. The van der Waals surface area contributed by atoms with E-state index in [1.807, 2.05) is 25.1 Å². The first-order chi connectivity index (χ1) is 21.1. The predicted octanol–water partition coefficient (Wildman–Crippen LogP) is 8.29. The van der Waals surface area contributed by atoms with Crippen molar-refractivity contribution in [2.75, 3.05) is 7.11 Å². The van der Waals surface area contributed by atoms with Crippen LogP contribution in [0.15, 0.2) is 87.2 Å². The number of halogens is 2. The number of methoxy groups -OCH3 is 1. The van der Waals surface area contributed by atoms with E-state index in [4.69, 9.17) is 26.1 Å². The largest absolute Gasteiger partial charge is 0.496 e. The minimum atomic E-state index is -0.534. The number of rotatable bonds is 9. The van der Waals surface area contributed by atoms with Gasteiger partial charge >= 0.3 is 5.69 Å². The second-order valence-electron chi connectivity index (χ2n) is 10.4. The van der Waals surface area contributed by atoms with Crippen molar-refractivity contribution in [3.8, 4) is 22.9 Å². The lowest BCUT2D eigenvalue weighted by molar-refractivity contribution is -0.386. The van der Waals surface area contributed by atoms with E-state index in [9.17, 15) is 14.9 Å². The molecule has 5 aromatic rings. The summed E-state index contributed by atoms with van der Waals surface area (Å²) in [6.07, 6.45) is 1.36. The molecule has 9 nitrogen and oxygen atoms in total. The van der Waals surface area contributed by atoms with Gasteiger partial charge in [0.1, 0.15) is 12.4 Å². The van der Waals surface area contributed by atoms with E-state index in [-0.39, 0.29) is 29.5 Å². The molecule has 1 aromatic heterocycles. The van der Waals surface area contributed by atoms with Crippen LogP contribution < -0.4 is 15.0 Å². The van der Waals surface area contributed by atoms with Crippen molar-refractivity contribution < 1.29 is 14.4 Å². The van der Waals surface area contributed by atoms with Gasteiger partial charge in [-0.05, 0) is 60.4 Å². The molecule has 0 aliphatic carbocycles. The summed E-state index contributed by atoms with van der Waals surface area (Å²) in [5, 5.41) is 17.5. The molecule has 0 unspecified atom stereocenters. The van der Waals surface area contributed by atoms with Gasteiger partial charge in [-0.1, -0.05) is 71.7 Å². The van der Waals surface area contributed by atoms with Gasteiger partial charge in [0.2, 0.25) is 5.75 Å². The number of nitrogens with zero attached hydrogens (tertiary/aromatic N) is 4. The Kier molecular flexibility index (Phi) is 9.12. The highest BCUT2D eigenvalue weighted by Crippen LogP contribution is 2.36. The SMILES string of the molecule is COc1cc(C)c(-c2nc3ccccc3c(=O)n2N=Cc2cc(Br)cc([N+](=O)[O-])c2OCc2ccccc2Cl)cc1C(C)C. The zero-order valence-electron chi connectivity index (χ0n) is 24.4. The van der Waals surface area contributed by atoms with Gasteiger partial charge in [0, 0.05) is 32.3 Å². The van der Waals surface area contributed by atoms with Crippen LogP contribution >= 0.6 is 27.5 Å². The lowest BCUT2D eigenvalue weighted by Gasteiger charge is -2.17. The molecule has 0 saturated carbocycles. The van der Waals surface area contributed by atoms with Gasteiger partial charge in [0.15, 0.2) is 5.82 Å². The summed E-state index contributed by atoms with van der Waals surface area (Å²) < 4.78 is 13.3. The Morgan fingerprint density at radius 2 is 1.84 bits per heavy atom. The van der Waals surface area contributed by atoms with E-state index in [1.165, 1.54) is 17.0 Å². The second kappa shape index (κ2) is 13.0. The molecule has 11 heteroatoms. The van der Waals surface area contributed by atoms with Crippen LogP contribution in [0.2, 0.25) is 5.02 Å². The minimum absolute atomic E-state index is 0.0191. The van der Waals surface area contributed by atoms with Crippen LogP contribution in [0.4, 0.5) is 5.69 Å². The molecule has 0 spiro atoms. The van der Waals surface area contributed by atoms with Crippen LogP contribution in [0.25, 0.3) is 22.3 Å². The molecule has 0 radical (unpaired) electrons. The molecule has 0 aliphatic rings. The second-order valence-corrected chi connectivity index (χ2v) is 11.7. The van der Waals surface area contributed by atoms with Crippen LogP contribution in [0.3, 0.4) is 0 Å². The van der Waals surface area contributed by atoms with Gasteiger partial charge in [-0.25, -0.2) is 4.98 Å². The maximum Gasteiger partial charge on any atom is 0.312 e. The van der Waals surface area contributed by atoms with E-state index in [0.717, 1.165) is 16.9 Å². The van der Waals surface area contributed by atoms with Crippen molar-refractivity contribution in [1.82, 2.24) is 9.66 Å². The van der Waals surface area contributed by atoms with Gasteiger partial charge < -0.3 is 9.47 Å². The molecule has 4 aromatic carbocycles. The van der Waals surface area contributed by atoms with Gasteiger partial charge in [-0.2, -0.15) is 9.78 Å². The Bertz CT molecular complexity index is 1990. The standard InChI is InChI=1S/C33H28BrClN4O5/c1-19(2)25-16-26(20(3)13-30(25)43-4)32-37-28-12-8-6-10-24(28)33(40)38(32)36-17-22-14-23(34)15-29(39(41)42)31(22)44-18-21-9-5-7-11-27(21)35/h5-17,19H,18H2,1-4H3. The van der Waals surface area contributed by atoms with E-state index >= 15 is 0 Å². The molecule has 0 fully saturated rings. The van der Waals surface area contributed by atoms with Crippen molar-refractivity contribution in [2.24, 2.45) is 5.10 Å². The Morgan fingerprint density at radius 1 is 1.11 bits per heavy atom. The summed E-state index contributed by atoms with van der Waals surface area (Å²) in [4.78, 5) is 30.3. The Labute approximate surface area is 267 Å². The fourth-order valence-corrected chi connectivity index (χ4v) is 5.50. The predicted molar refractivity (Wildman–Crippen MR) is 176 cm³/mol. The zero-order chi connectivity index (χ0) is 31.5. The topological polar surface area (TPSA) is 109 Å². The number of hydrogen-bond donors (Lipinski definition) is 0. The highest BCUT2D eigenvalue weighted by Gasteiger charge is 2.22. The third-order valence-corrected chi connectivity index (χ3v) is 7.92. The summed E-state index contributed by atoms with van der Waals surface area (Å²) in [5.41, 5.74) is 3.26. The van der Waals surface area contributed by atoms with Crippen molar-refractivity contribution >= 4 is 50.3 Å². The number of ether oxygens (including phenoxy) is 2. The summed E-state index contributed by atoms with van der Waals surface area (Å²) in [6, 6.07) is 21.0. The van der Waals surface area contributed by atoms with Crippen molar-refractivity contribution in [3.05, 3.63) is 125 Å². The average molecular weight is 676 g/mol. The molecule has 44 heavy (non-hydrogen) atoms. The number of benzene rings is 4. The lowest BCUT2D eigenvalue weighted by atomic mass is 9.96. The molecule has 0 bridgehead atoms. The Hall–Kier alpha value is -4.54. The van der Waals surface area contributed by atoms with Gasteiger partial charge in [0.25, 0.3) is 5.56 Å². The Balaban J connectivity index is 1.71. The molecular formula is C33H28BrClN4O5. The molecule has 0 amide bonds. The first kappa shape index (κ1) is 30.9. The maximum atomic E-state index is 13.9. The number of para-hydroxylation sites is 1. The third-order valence-electron chi connectivity index (χ3n) is 7.10. The molecule has 0 N–H and O–H groups in total. The summed E-state index contributed by atoms with van der Waals surface area (Å²) in [5.74, 6) is 1.16. The van der Waals surface area contributed by atoms with Crippen LogP contribution in [0.5, 0.6) is 11.5 Å². The molecule has 0 atom stereocenters. The van der Waals surface area contributed by atoms with Gasteiger partial charge in [-0.3, -0.25) is 14.9 Å². The van der Waals surface area contributed by atoms with Gasteiger partial charge in [0.05, 0.1) is 29.2 Å². The van der Waals surface area contributed by atoms with Crippen LogP contribution in [-0.2, 0) is 6.61 Å². The molecule has 1 heterocycles. The first-order valence-corrected chi connectivity index (χ1v) is 14.8. The van der Waals surface area contributed by atoms with Gasteiger partial charge in [-0.15, -0.1) is 0 Å². The average Bonchev–Trinajstić information content (AvgIpc) is 3.00. The lowest BCUT2D eigenvalue weighted by Crippen LogP contribution is -2.21. The van der Waals surface area contributed by atoms with Crippen LogP contribution in [0, 0.1) is 17.0 Å². The third kappa shape index (κ3) is 6.22. The number of nitro benzene ring substituents is 1. The molecule has 0 saturated heterocycles. The fraction of sp³-hybridized carbons (Fsp3) is 0.182. The highest BCUT2D eigenvalue weighted by molar-refractivity contribution is 9.10. The smallest absolute Gasteiger partial charge is 0.312 e. The van der Waals surface area contributed by atoms with Crippen LogP contribution in [0.1, 0.15) is 42.0 Å². The zero-order valence-corrected chi connectivity index (χ0v) is 26.7. The number of hydrogen-bond acceptors (Lipinski definition) is 7. The number of nitro groups is 1. The van der Waals surface area contributed by atoms with Crippen molar-refractivity contribution in [1.29, 1.82) is 0 Å². The number of aryl methyl sites for hydroxylation is 1. The minimum Gasteiger partial charge on any atom is -0.496 e. The van der Waals surface area contributed by atoms with E-state index in [2.05, 4.69) is 34.9 Å². The molecule has 5 rings (SSSR count). The summed E-state index contributed by atoms with van der Waals surface area (Å²) >= 11 is 9.66. The molecule has 0 aliphatic heterocycles. The van der Waals surface area contributed by atoms with Crippen molar-refractivity contribution in [2.45, 2.75) is 33.3 Å². The van der Waals surface area contributed by atoms with E-state index < -0.39 is 10.5 Å². The normalized spacial score (nSPS) is 11.4. The summed E-state index contributed by atoms with van der Waals surface area (Å²) in [7, 11) is 1.62. The monoisotopic (exact) mass is 674 g/mol. The fourth-order valence-electron chi connectivity index (χ4n) is 4.85. The van der Waals surface area contributed by atoms with Crippen LogP contribution in [-0.4, -0.2) is 27.9 Å².